The van der Waals surface area contributed by atoms with E-state index in [-0.39, 0.29) is 5.91 Å². The van der Waals surface area contributed by atoms with E-state index >= 15 is 0 Å². The number of hydrogen-bond acceptors (Lipinski definition) is 2. The van der Waals surface area contributed by atoms with Crippen LogP contribution in [0.3, 0.4) is 0 Å². The van der Waals surface area contributed by atoms with Crippen LogP contribution in [0.25, 0.3) is 0 Å². The van der Waals surface area contributed by atoms with E-state index < -0.39 is 0 Å². The number of nitrogens with one attached hydrogen (secondary N) is 1. The second-order valence-electron chi connectivity index (χ2n) is 5.56. The Kier molecular flexibility index (Phi) is 8.71. The Morgan fingerprint density at radius 3 is 2.68 bits per heavy atom. The first-order valence-corrected chi connectivity index (χ1v) is 8.75. The third kappa shape index (κ3) is 6.75. The zero-order valence-corrected chi connectivity index (χ0v) is 13.9. The van der Waals surface area contributed by atoms with E-state index in [0.29, 0.717) is 24.4 Å². The molecular formula is C15H28BrNO2. The molecule has 0 aromatic rings. The van der Waals surface area contributed by atoms with Crippen LogP contribution in [-0.4, -0.2) is 30.5 Å². The molecule has 0 heterocycles. The number of ether oxygens (including phenoxy) is 1. The molecule has 1 amide bonds. The highest BCUT2D eigenvalue weighted by atomic mass is 79.9. The number of carbonyl (C=O) groups is 1. The van der Waals surface area contributed by atoms with Crippen LogP contribution in [0, 0.1) is 11.8 Å². The summed E-state index contributed by atoms with van der Waals surface area (Å²) >= 11 is 3.48. The molecule has 1 rings (SSSR count). The molecule has 0 radical (unpaired) electrons. The normalized spacial score (nSPS) is 23.7. The summed E-state index contributed by atoms with van der Waals surface area (Å²) in [5, 5.41) is 4.12. The lowest BCUT2D eigenvalue weighted by Crippen LogP contribution is -2.37. The maximum atomic E-state index is 11.9. The van der Waals surface area contributed by atoms with Crippen LogP contribution in [-0.2, 0) is 9.53 Å². The Hall–Kier alpha value is -0.0900. The number of alkyl halides is 1. The lowest BCUT2D eigenvalue weighted by Gasteiger charge is -2.34. The Labute approximate surface area is 126 Å². The summed E-state index contributed by atoms with van der Waals surface area (Å²) in [6, 6.07) is 0. The van der Waals surface area contributed by atoms with Gasteiger partial charge in [0.25, 0.3) is 0 Å². The summed E-state index contributed by atoms with van der Waals surface area (Å²) in [5.41, 5.74) is 0. The van der Waals surface area contributed by atoms with Crippen molar-refractivity contribution in [3.8, 4) is 0 Å². The molecule has 1 fully saturated rings. The standard InChI is InChI=1S/C15H28BrNO2/c1-3-5-12(6-7-16)11-17-15(18)10-13-8-14(9-13)19-4-2/h12-14H,3-11H2,1-2H3,(H,17,18). The lowest BCUT2D eigenvalue weighted by atomic mass is 9.80. The molecule has 1 aliphatic carbocycles. The molecule has 3 nitrogen and oxygen atoms in total. The quantitative estimate of drug-likeness (QED) is 0.621. The van der Waals surface area contributed by atoms with E-state index in [1.165, 1.54) is 12.8 Å². The van der Waals surface area contributed by atoms with E-state index in [9.17, 15) is 4.79 Å². The van der Waals surface area contributed by atoms with Gasteiger partial charge in [0.1, 0.15) is 0 Å². The first-order chi connectivity index (χ1) is 9.19. The smallest absolute Gasteiger partial charge is 0.220 e. The van der Waals surface area contributed by atoms with Crippen molar-refractivity contribution in [2.45, 2.75) is 58.5 Å². The van der Waals surface area contributed by atoms with Crippen LogP contribution in [0.15, 0.2) is 0 Å². The Morgan fingerprint density at radius 2 is 2.11 bits per heavy atom. The zero-order valence-electron chi connectivity index (χ0n) is 12.3. The highest BCUT2D eigenvalue weighted by Crippen LogP contribution is 2.32. The maximum Gasteiger partial charge on any atom is 0.220 e. The number of amides is 1. The van der Waals surface area contributed by atoms with Crippen molar-refractivity contribution in [3.63, 3.8) is 0 Å². The average Bonchev–Trinajstić information content (AvgIpc) is 2.34. The van der Waals surface area contributed by atoms with Gasteiger partial charge in [-0.2, -0.15) is 0 Å². The predicted octanol–water partition coefficient (Wildman–Crippen LogP) is 3.51. The monoisotopic (exact) mass is 333 g/mol. The fourth-order valence-electron chi connectivity index (χ4n) is 2.72. The summed E-state index contributed by atoms with van der Waals surface area (Å²) < 4.78 is 5.51. The summed E-state index contributed by atoms with van der Waals surface area (Å²) in [5.74, 6) is 1.37. The van der Waals surface area contributed by atoms with Crippen LogP contribution in [0.1, 0.15) is 52.4 Å². The lowest BCUT2D eigenvalue weighted by molar-refractivity contribution is -0.124. The molecular weight excluding hydrogens is 306 g/mol. The minimum absolute atomic E-state index is 0.218. The van der Waals surface area contributed by atoms with Crippen LogP contribution in [0.5, 0.6) is 0 Å². The largest absolute Gasteiger partial charge is 0.378 e. The molecule has 1 unspecified atom stereocenters. The number of halogens is 1. The van der Waals surface area contributed by atoms with Crippen LogP contribution in [0.2, 0.25) is 0 Å². The number of hydrogen-bond donors (Lipinski definition) is 1. The van der Waals surface area contributed by atoms with Crippen molar-refractivity contribution in [2.24, 2.45) is 11.8 Å². The van der Waals surface area contributed by atoms with Gasteiger partial charge >= 0.3 is 0 Å². The summed E-state index contributed by atoms with van der Waals surface area (Å²) in [6.07, 6.45) is 6.72. The topological polar surface area (TPSA) is 38.3 Å². The molecule has 1 atom stereocenters. The van der Waals surface area contributed by atoms with Gasteiger partial charge in [0, 0.05) is 24.9 Å². The van der Waals surface area contributed by atoms with Gasteiger partial charge in [0.2, 0.25) is 5.91 Å². The summed E-state index contributed by atoms with van der Waals surface area (Å²) in [7, 11) is 0. The first kappa shape index (κ1) is 17.0. The van der Waals surface area contributed by atoms with Crippen molar-refractivity contribution >= 4 is 21.8 Å². The van der Waals surface area contributed by atoms with Gasteiger partial charge in [0.05, 0.1) is 6.10 Å². The summed E-state index contributed by atoms with van der Waals surface area (Å²) in [6.45, 7) is 5.85. The fourth-order valence-corrected chi connectivity index (χ4v) is 3.36. The molecule has 19 heavy (non-hydrogen) atoms. The van der Waals surface area contributed by atoms with Crippen LogP contribution in [0.4, 0.5) is 0 Å². The minimum Gasteiger partial charge on any atom is -0.378 e. The van der Waals surface area contributed by atoms with Crippen LogP contribution >= 0.6 is 15.9 Å². The van der Waals surface area contributed by atoms with Gasteiger partial charge in [-0.3, -0.25) is 4.79 Å². The molecule has 0 aliphatic heterocycles. The number of carbonyl (C=O) groups excluding carboxylic acids is 1. The molecule has 112 valence electrons. The van der Waals surface area contributed by atoms with E-state index in [4.69, 9.17) is 4.74 Å². The van der Waals surface area contributed by atoms with E-state index in [1.54, 1.807) is 0 Å². The molecule has 1 N–H and O–H groups in total. The SMILES string of the molecule is CCCC(CCBr)CNC(=O)CC1CC(OCC)C1. The third-order valence-corrected chi connectivity index (χ3v) is 4.33. The van der Waals surface area contributed by atoms with Crippen LogP contribution < -0.4 is 5.32 Å². The Morgan fingerprint density at radius 1 is 1.37 bits per heavy atom. The van der Waals surface area contributed by atoms with Crippen molar-refractivity contribution in [2.75, 3.05) is 18.5 Å². The van der Waals surface area contributed by atoms with Gasteiger partial charge in [-0.05, 0) is 44.4 Å². The van der Waals surface area contributed by atoms with E-state index in [0.717, 1.165) is 37.7 Å². The second-order valence-corrected chi connectivity index (χ2v) is 6.35. The Bertz CT molecular complexity index is 249. The van der Waals surface area contributed by atoms with Crippen molar-refractivity contribution < 1.29 is 9.53 Å². The molecule has 0 spiro atoms. The molecule has 0 aromatic carbocycles. The van der Waals surface area contributed by atoms with Crippen molar-refractivity contribution in [1.82, 2.24) is 5.32 Å². The minimum atomic E-state index is 0.218. The maximum absolute atomic E-state index is 11.9. The van der Waals surface area contributed by atoms with Gasteiger partial charge in [-0.25, -0.2) is 0 Å². The highest BCUT2D eigenvalue weighted by Gasteiger charge is 2.30. The Balaban J connectivity index is 2.10. The van der Waals surface area contributed by atoms with Gasteiger partial charge in [0.15, 0.2) is 0 Å². The highest BCUT2D eigenvalue weighted by molar-refractivity contribution is 9.09. The molecule has 0 saturated heterocycles. The fraction of sp³-hybridized carbons (Fsp3) is 0.933. The average molecular weight is 334 g/mol. The predicted molar refractivity (Wildman–Crippen MR) is 82.6 cm³/mol. The van der Waals surface area contributed by atoms with E-state index in [2.05, 4.69) is 28.2 Å². The third-order valence-electron chi connectivity index (χ3n) is 3.87. The molecule has 4 heteroatoms. The molecule has 1 saturated carbocycles. The van der Waals surface area contributed by atoms with Crippen molar-refractivity contribution in [1.29, 1.82) is 0 Å². The zero-order chi connectivity index (χ0) is 14.1. The number of rotatable bonds is 10. The van der Waals surface area contributed by atoms with Gasteiger partial charge < -0.3 is 10.1 Å². The first-order valence-electron chi connectivity index (χ1n) is 7.63. The molecule has 0 aromatic heterocycles. The van der Waals surface area contributed by atoms with E-state index in [1.807, 2.05) is 6.92 Å². The molecule has 1 aliphatic rings. The van der Waals surface area contributed by atoms with Gasteiger partial charge in [-0.15, -0.1) is 0 Å². The van der Waals surface area contributed by atoms with Crippen molar-refractivity contribution in [3.05, 3.63) is 0 Å². The molecule has 0 bridgehead atoms. The van der Waals surface area contributed by atoms with Gasteiger partial charge in [-0.1, -0.05) is 29.3 Å². The second kappa shape index (κ2) is 9.76. The summed E-state index contributed by atoms with van der Waals surface area (Å²) in [4.78, 5) is 11.9.